The molecule has 0 saturated carbocycles. The first-order chi connectivity index (χ1) is 8.06. The van der Waals surface area contributed by atoms with Crippen LogP contribution in [0.15, 0.2) is 0 Å². The van der Waals surface area contributed by atoms with Gasteiger partial charge < -0.3 is 19.9 Å². The summed E-state index contributed by atoms with van der Waals surface area (Å²) in [6.45, 7) is 6.31. The summed E-state index contributed by atoms with van der Waals surface area (Å²) in [5.41, 5.74) is 0. The van der Waals surface area contributed by atoms with Crippen LogP contribution in [0, 0.1) is 5.92 Å². The lowest BCUT2D eigenvalue weighted by atomic mass is 9.98. The van der Waals surface area contributed by atoms with Crippen molar-refractivity contribution in [3.8, 4) is 0 Å². The van der Waals surface area contributed by atoms with Gasteiger partial charge in [0.1, 0.15) is 6.10 Å². The van der Waals surface area contributed by atoms with E-state index in [0.717, 1.165) is 26.2 Å². The Morgan fingerprint density at radius 1 is 1.41 bits per heavy atom. The summed E-state index contributed by atoms with van der Waals surface area (Å²) in [5.74, 6) is 0.780. The molecule has 2 aliphatic rings. The molecule has 0 aliphatic carbocycles. The number of morpholine rings is 1. The predicted molar refractivity (Wildman–Crippen MR) is 65.8 cm³/mol. The zero-order valence-corrected chi connectivity index (χ0v) is 11.0. The van der Waals surface area contributed by atoms with E-state index in [1.54, 1.807) is 0 Å². The van der Waals surface area contributed by atoms with Gasteiger partial charge in [-0.05, 0) is 21.0 Å². The molecule has 1 N–H and O–H groups in total. The van der Waals surface area contributed by atoms with E-state index >= 15 is 0 Å². The molecule has 2 saturated heterocycles. The smallest absolute Gasteiger partial charge is 0.253 e. The molecule has 2 aliphatic heterocycles. The lowest BCUT2D eigenvalue weighted by molar-refractivity contribution is -0.156. The molecule has 5 nitrogen and oxygen atoms in total. The number of carbonyl (C=O) groups excluding carboxylic acids is 1. The highest BCUT2D eigenvalue weighted by Gasteiger charge is 2.36. The van der Waals surface area contributed by atoms with E-state index in [1.807, 2.05) is 11.8 Å². The second kappa shape index (κ2) is 5.33. The van der Waals surface area contributed by atoms with Gasteiger partial charge in [0.15, 0.2) is 0 Å². The van der Waals surface area contributed by atoms with E-state index in [9.17, 15) is 4.79 Å². The summed E-state index contributed by atoms with van der Waals surface area (Å²) in [6, 6.07) is 0. The van der Waals surface area contributed by atoms with E-state index in [2.05, 4.69) is 24.3 Å². The van der Waals surface area contributed by atoms with Crippen LogP contribution < -0.4 is 5.32 Å². The summed E-state index contributed by atoms with van der Waals surface area (Å²) in [7, 11) is 4.14. The van der Waals surface area contributed by atoms with Crippen LogP contribution in [-0.2, 0) is 9.53 Å². The van der Waals surface area contributed by atoms with Gasteiger partial charge in [0.2, 0.25) is 0 Å². The van der Waals surface area contributed by atoms with Crippen molar-refractivity contribution >= 4 is 5.91 Å². The first kappa shape index (κ1) is 12.8. The Morgan fingerprint density at radius 3 is 2.71 bits per heavy atom. The highest BCUT2D eigenvalue weighted by Crippen LogP contribution is 2.19. The molecule has 2 heterocycles. The summed E-state index contributed by atoms with van der Waals surface area (Å²) < 4.78 is 5.66. The van der Waals surface area contributed by atoms with Gasteiger partial charge in [0.05, 0.1) is 6.10 Å². The third kappa shape index (κ3) is 3.18. The Labute approximate surface area is 103 Å². The Balaban J connectivity index is 1.75. The SMILES string of the molecule is C[C@@H]1CNC[C@H](C(=O)N2CC(CN(C)C)C2)O1. The molecule has 0 spiro atoms. The molecule has 1 amide bonds. The minimum atomic E-state index is -0.279. The van der Waals surface area contributed by atoms with Crippen LogP contribution in [-0.4, -0.2) is 74.7 Å². The third-order valence-electron chi connectivity index (χ3n) is 3.33. The molecule has 5 heteroatoms. The summed E-state index contributed by atoms with van der Waals surface area (Å²) >= 11 is 0. The minimum Gasteiger partial charge on any atom is -0.363 e. The average molecular weight is 241 g/mol. The average Bonchev–Trinajstić information content (AvgIpc) is 2.21. The van der Waals surface area contributed by atoms with Gasteiger partial charge in [0.25, 0.3) is 5.91 Å². The van der Waals surface area contributed by atoms with Crippen LogP contribution in [0.5, 0.6) is 0 Å². The van der Waals surface area contributed by atoms with E-state index < -0.39 is 0 Å². The fourth-order valence-corrected chi connectivity index (χ4v) is 2.53. The highest BCUT2D eigenvalue weighted by molar-refractivity contribution is 5.82. The maximum Gasteiger partial charge on any atom is 0.253 e. The molecule has 0 aromatic rings. The first-order valence-electron chi connectivity index (χ1n) is 6.36. The van der Waals surface area contributed by atoms with Crippen molar-refractivity contribution < 1.29 is 9.53 Å². The first-order valence-corrected chi connectivity index (χ1v) is 6.36. The standard InChI is InChI=1S/C12H23N3O2/c1-9-4-13-5-11(17-9)12(16)15-7-10(8-15)6-14(2)3/h9-11,13H,4-8H2,1-3H3/t9-,11-/m1/s1. The second-order valence-corrected chi connectivity index (χ2v) is 5.47. The number of amides is 1. The van der Waals surface area contributed by atoms with Crippen molar-refractivity contribution in [2.75, 3.05) is 46.8 Å². The topological polar surface area (TPSA) is 44.8 Å². The number of carbonyl (C=O) groups is 1. The quantitative estimate of drug-likeness (QED) is 0.715. The molecular formula is C12H23N3O2. The molecule has 2 atom stereocenters. The number of hydrogen-bond donors (Lipinski definition) is 1. The van der Waals surface area contributed by atoms with Crippen LogP contribution in [0.1, 0.15) is 6.92 Å². The van der Waals surface area contributed by atoms with Crippen molar-refractivity contribution in [1.29, 1.82) is 0 Å². The van der Waals surface area contributed by atoms with Gasteiger partial charge in [-0.25, -0.2) is 0 Å². The number of nitrogens with zero attached hydrogens (tertiary/aromatic N) is 2. The van der Waals surface area contributed by atoms with Crippen LogP contribution in [0.3, 0.4) is 0 Å². The maximum atomic E-state index is 12.1. The van der Waals surface area contributed by atoms with Crippen LogP contribution in [0.4, 0.5) is 0 Å². The van der Waals surface area contributed by atoms with Crippen molar-refractivity contribution in [3.05, 3.63) is 0 Å². The zero-order valence-electron chi connectivity index (χ0n) is 11.0. The van der Waals surface area contributed by atoms with E-state index in [-0.39, 0.29) is 18.1 Å². The second-order valence-electron chi connectivity index (χ2n) is 5.47. The Morgan fingerprint density at radius 2 is 2.12 bits per heavy atom. The molecule has 0 bridgehead atoms. The molecule has 0 radical (unpaired) electrons. The van der Waals surface area contributed by atoms with Gasteiger partial charge >= 0.3 is 0 Å². The Bertz CT molecular complexity index is 277. The molecule has 98 valence electrons. The zero-order chi connectivity index (χ0) is 12.4. The van der Waals surface area contributed by atoms with Crippen molar-refractivity contribution in [3.63, 3.8) is 0 Å². The van der Waals surface area contributed by atoms with Crippen molar-refractivity contribution in [2.24, 2.45) is 5.92 Å². The maximum absolute atomic E-state index is 12.1. The highest BCUT2D eigenvalue weighted by atomic mass is 16.5. The number of nitrogens with one attached hydrogen (secondary N) is 1. The fourth-order valence-electron chi connectivity index (χ4n) is 2.53. The molecule has 17 heavy (non-hydrogen) atoms. The molecule has 2 rings (SSSR count). The van der Waals surface area contributed by atoms with Crippen LogP contribution in [0.25, 0.3) is 0 Å². The number of likely N-dealkylation sites (tertiary alicyclic amines) is 1. The summed E-state index contributed by atoms with van der Waals surface area (Å²) in [5, 5.41) is 3.23. The van der Waals surface area contributed by atoms with E-state index in [4.69, 9.17) is 4.74 Å². The van der Waals surface area contributed by atoms with Crippen molar-refractivity contribution in [1.82, 2.24) is 15.1 Å². The molecule has 2 fully saturated rings. The Kier molecular flexibility index (Phi) is 4.01. The van der Waals surface area contributed by atoms with E-state index in [1.165, 1.54) is 0 Å². The Hall–Kier alpha value is -0.650. The van der Waals surface area contributed by atoms with Gasteiger partial charge in [-0.3, -0.25) is 4.79 Å². The fraction of sp³-hybridized carbons (Fsp3) is 0.917. The molecular weight excluding hydrogens is 218 g/mol. The van der Waals surface area contributed by atoms with Gasteiger partial charge in [-0.15, -0.1) is 0 Å². The number of ether oxygens (including phenoxy) is 1. The van der Waals surface area contributed by atoms with Crippen LogP contribution in [0.2, 0.25) is 0 Å². The predicted octanol–water partition coefficient (Wildman–Crippen LogP) is -0.617. The number of rotatable bonds is 3. The monoisotopic (exact) mass is 241 g/mol. The van der Waals surface area contributed by atoms with Gasteiger partial charge in [0, 0.05) is 38.6 Å². The lowest BCUT2D eigenvalue weighted by Gasteiger charge is -2.43. The summed E-state index contributed by atoms with van der Waals surface area (Å²) in [6.07, 6.45) is -0.143. The van der Waals surface area contributed by atoms with E-state index in [0.29, 0.717) is 12.5 Å². The van der Waals surface area contributed by atoms with Crippen molar-refractivity contribution in [2.45, 2.75) is 19.1 Å². The minimum absolute atomic E-state index is 0.136. The largest absolute Gasteiger partial charge is 0.363 e. The third-order valence-corrected chi connectivity index (χ3v) is 3.33. The van der Waals surface area contributed by atoms with Crippen LogP contribution >= 0.6 is 0 Å². The van der Waals surface area contributed by atoms with Gasteiger partial charge in [-0.1, -0.05) is 0 Å². The summed E-state index contributed by atoms with van der Waals surface area (Å²) in [4.78, 5) is 16.2. The normalized spacial score (nSPS) is 30.5. The van der Waals surface area contributed by atoms with Gasteiger partial charge in [-0.2, -0.15) is 0 Å². The lowest BCUT2D eigenvalue weighted by Crippen LogP contribution is -2.59. The molecule has 0 aromatic heterocycles. The number of hydrogen-bond acceptors (Lipinski definition) is 4. The molecule has 0 unspecified atom stereocenters. The molecule has 0 aromatic carbocycles.